The highest BCUT2D eigenvalue weighted by Gasteiger charge is 2.36. The van der Waals surface area contributed by atoms with E-state index in [1.54, 1.807) is 0 Å². The Hall–Kier alpha value is -0.120. The standard InChI is InChI=1S/C9H17N.C7H15N.C6H13N/c1-7-5-8-3-4-9(6-7)10(8)2;1-7-3-5-8(2)6-4-7;1-6-3-4-7(2)5-6/h7-9H,3-6H2,1-2H3;7H,3-6H2,1-2H3;6H,3-5H2,1-2H3. The van der Waals surface area contributed by atoms with Crippen LogP contribution < -0.4 is 0 Å². The highest BCUT2D eigenvalue weighted by atomic mass is 15.2. The molecule has 3 atom stereocenters. The first-order valence-corrected chi connectivity index (χ1v) is 10.9. The summed E-state index contributed by atoms with van der Waals surface area (Å²) < 4.78 is 0. The lowest BCUT2D eigenvalue weighted by atomic mass is 9.93. The first kappa shape index (κ1) is 21.2. The molecule has 4 heterocycles. The van der Waals surface area contributed by atoms with Crippen molar-refractivity contribution in [1.82, 2.24) is 14.7 Å². The van der Waals surface area contributed by atoms with Gasteiger partial charge in [0, 0.05) is 18.6 Å². The zero-order valence-electron chi connectivity index (χ0n) is 18.0. The van der Waals surface area contributed by atoms with E-state index in [4.69, 9.17) is 0 Å². The summed E-state index contributed by atoms with van der Waals surface area (Å²) >= 11 is 0. The van der Waals surface area contributed by atoms with Gasteiger partial charge in [0.05, 0.1) is 0 Å². The summed E-state index contributed by atoms with van der Waals surface area (Å²) in [6, 6.07) is 1.88. The molecule has 3 nitrogen and oxygen atoms in total. The maximum Gasteiger partial charge on any atom is 0.00982 e. The van der Waals surface area contributed by atoms with Crippen LogP contribution in [0.15, 0.2) is 0 Å². The van der Waals surface area contributed by atoms with Crippen LogP contribution in [-0.4, -0.2) is 74.1 Å². The SMILES string of the molecule is CC1CC2CCC(C1)N2C.CC1CCN(C)C1.CC1CCN(C)CC1. The van der Waals surface area contributed by atoms with Crippen LogP contribution in [0.25, 0.3) is 0 Å². The molecule has 4 aliphatic heterocycles. The van der Waals surface area contributed by atoms with Gasteiger partial charge < -0.3 is 14.7 Å². The molecule has 0 aromatic carbocycles. The first-order valence-electron chi connectivity index (χ1n) is 10.9. The van der Waals surface area contributed by atoms with Gasteiger partial charge in [0.2, 0.25) is 0 Å². The predicted octanol–water partition coefficient (Wildman–Crippen LogP) is 4.19. The Morgan fingerprint density at radius 1 is 0.560 bits per heavy atom. The summed E-state index contributed by atoms with van der Waals surface area (Å²) in [4.78, 5) is 7.38. The van der Waals surface area contributed by atoms with Gasteiger partial charge in [-0.2, -0.15) is 0 Å². The molecule has 3 unspecified atom stereocenters. The van der Waals surface area contributed by atoms with Crippen LogP contribution in [-0.2, 0) is 0 Å². The molecule has 25 heavy (non-hydrogen) atoms. The zero-order chi connectivity index (χ0) is 18.4. The molecule has 0 aliphatic carbocycles. The normalized spacial score (nSPS) is 37.2. The van der Waals surface area contributed by atoms with Crippen molar-refractivity contribution in [3.8, 4) is 0 Å². The Morgan fingerprint density at radius 2 is 1.04 bits per heavy atom. The van der Waals surface area contributed by atoms with Crippen molar-refractivity contribution in [3.05, 3.63) is 0 Å². The molecule has 2 bridgehead atoms. The molecule has 4 aliphatic rings. The summed E-state index contributed by atoms with van der Waals surface area (Å²) in [5.74, 6) is 2.92. The molecule has 0 N–H and O–H groups in total. The molecular formula is C22H45N3. The largest absolute Gasteiger partial charge is 0.306 e. The second kappa shape index (κ2) is 10.3. The van der Waals surface area contributed by atoms with Gasteiger partial charge >= 0.3 is 0 Å². The number of hydrogen-bond acceptors (Lipinski definition) is 3. The number of likely N-dealkylation sites (tertiary alicyclic amines) is 2. The molecule has 4 fully saturated rings. The third kappa shape index (κ3) is 7.19. The van der Waals surface area contributed by atoms with Crippen LogP contribution >= 0.6 is 0 Å². The van der Waals surface area contributed by atoms with E-state index < -0.39 is 0 Å². The molecule has 4 saturated heterocycles. The molecular weight excluding hydrogens is 306 g/mol. The lowest BCUT2D eigenvalue weighted by Crippen LogP contribution is -2.39. The number of piperidine rings is 2. The fraction of sp³-hybridized carbons (Fsp3) is 1.00. The van der Waals surface area contributed by atoms with Crippen molar-refractivity contribution in [3.63, 3.8) is 0 Å². The summed E-state index contributed by atoms with van der Waals surface area (Å²) in [7, 11) is 6.68. The maximum absolute atomic E-state index is 2.60. The molecule has 148 valence electrons. The summed E-state index contributed by atoms with van der Waals surface area (Å²) in [6.07, 6.45) is 10.0. The number of nitrogens with zero attached hydrogens (tertiary/aromatic N) is 3. The minimum absolute atomic E-state index is 0.939. The lowest BCUT2D eigenvalue weighted by Gasteiger charge is -2.34. The second-order valence-corrected chi connectivity index (χ2v) is 9.77. The van der Waals surface area contributed by atoms with Crippen LogP contribution in [0, 0.1) is 17.8 Å². The Balaban J connectivity index is 0.000000138. The van der Waals surface area contributed by atoms with Crippen LogP contribution in [0.1, 0.15) is 65.7 Å². The smallest absolute Gasteiger partial charge is 0.00982 e. The van der Waals surface area contributed by atoms with Crippen molar-refractivity contribution >= 4 is 0 Å². The molecule has 0 radical (unpaired) electrons. The van der Waals surface area contributed by atoms with E-state index in [2.05, 4.69) is 56.6 Å². The molecule has 3 heteroatoms. The highest BCUT2D eigenvalue weighted by molar-refractivity contribution is 4.91. The maximum atomic E-state index is 2.60. The average Bonchev–Trinajstić information content (AvgIpc) is 3.03. The Bertz CT molecular complexity index is 332. The quantitative estimate of drug-likeness (QED) is 0.648. The molecule has 0 spiro atoms. The van der Waals surface area contributed by atoms with Gasteiger partial charge in [-0.25, -0.2) is 0 Å². The summed E-state index contributed by atoms with van der Waals surface area (Å²) in [5.41, 5.74) is 0. The van der Waals surface area contributed by atoms with Crippen LogP contribution in [0.2, 0.25) is 0 Å². The summed E-state index contributed by atoms with van der Waals surface area (Å²) in [5, 5.41) is 0. The topological polar surface area (TPSA) is 9.72 Å². The van der Waals surface area contributed by atoms with E-state index >= 15 is 0 Å². The number of hydrogen-bond donors (Lipinski definition) is 0. The van der Waals surface area contributed by atoms with Crippen molar-refractivity contribution in [2.24, 2.45) is 17.8 Å². The Labute approximate surface area is 158 Å². The van der Waals surface area contributed by atoms with Gasteiger partial charge in [-0.3, -0.25) is 0 Å². The molecule has 0 amide bonds. The molecule has 0 saturated carbocycles. The van der Waals surface area contributed by atoms with E-state index in [0.29, 0.717) is 0 Å². The third-order valence-electron chi connectivity index (χ3n) is 6.97. The second-order valence-electron chi connectivity index (χ2n) is 9.77. The molecule has 0 aromatic rings. The van der Waals surface area contributed by atoms with Gasteiger partial charge in [0.15, 0.2) is 0 Å². The predicted molar refractivity (Wildman–Crippen MR) is 110 cm³/mol. The van der Waals surface area contributed by atoms with E-state index in [0.717, 1.165) is 29.8 Å². The van der Waals surface area contributed by atoms with Crippen LogP contribution in [0.4, 0.5) is 0 Å². The number of fused-ring (bicyclic) bond motifs is 2. The van der Waals surface area contributed by atoms with Crippen LogP contribution in [0.3, 0.4) is 0 Å². The van der Waals surface area contributed by atoms with Gasteiger partial charge in [0.1, 0.15) is 0 Å². The average molecular weight is 352 g/mol. The van der Waals surface area contributed by atoms with Gasteiger partial charge in [-0.05, 0) is 103 Å². The van der Waals surface area contributed by atoms with Crippen LogP contribution in [0.5, 0.6) is 0 Å². The van der Waals surface area contributed by atoms with E-state index in [9.17, 15) is 0 Å². The molecule has 0 aromatic heterocycles. The van der Waals surface area contributed by atoms with Crippen molar-refractivity contribution in [2.45, 2.75) is 77.8 Å². The van der Waals surface area contributed by atoms with Crippen molar-refractivity contribution < 1.29 is 0 Å². The lowest BCUT2D eigenvalue weighted by molar-refractivity contribution is 0.142. The van der Waals surface area contributed by atoms with E-state index in [-0.39, 0.29) is 0 Å². The van der Waals surface area contributed by atoms with E-state index in [1.807, 2.05) is 0 Å². The minimum Gasteiger partial charge on any atom is -0.306 e. The molecule has 4 rings (SSSR count). The van der Waals surface area contributed by atoms with E-state index in [1.165, 1.54) is 71.1 Å². The Kier molecular flexibility index (Phi) is 8.71. The zero-order valence-corrected chi connectivity index (χ0v) is 18.0. The van der Waals surface area contributed by atoms with Crippen molar-refractivity contribution in [2.75, 3.05) is 47.3 Å². The highest BCUT2D eigenvalue weighted by Crippen LogP contribution is 2.36. The van der Waals surface area contributed by atoms with Gasteiger partial charge in [-0.15, -0.1) is 0 Å². The number of rotatable bonds is 0. The van der Waals surface area contributed by atoms with Crippen molar-refractivity contribution in [1.29, 1.82) is 0 Å². The minimum atomic E-state index is 0.939. The fourth-order valence-electron chi connectivity index (χ4n) is 4.98. The van der Waals surface area contributed by atoms with Gasteiger partial charge in [0.25, 0.3) is 0 Å². The third-order valence-corrected chi connectivity index (χ3v) is 6.97. The van der Waals surface area contributed by atoms with Gasteiger partial charge in [-0.1, -0.05) is 20.8 Å². The summed E-state index contributed by atoms with van der Waals surface area (Å²) in [6.45, 7) is 12.3. The fourth-order valence-corrected chi connectivity index (χ4v) is 4.98. The Morgan fingerprint density at radius 3 is 1.40 bits per heavy atom. The first-order chi connectivity index (χ1) is 11.8. The monoisotopic (exact) mass is 351 g/mol.